The molecule has 20 heavy (non-hydrogen) atoms. The van der Waals surface area contributed by atoms with E-state index in [4.69, 9.17) is 15.6 Å². The van der Waals surface area contributed by atoms with Gasteiger partial charge < -0.3 is 15.6 Å². The van der Waals surface area contributed by atoms with E-state index in [-0.39, 0.29) is 24.5 Å². The minimum absolute atomic E-state index is 0.186. The van der Waals surface area contributed by atoms with Crippen LogP contribution in [-0.4, -0.2) is 11.1 Å². The van der Waals surface area contributed by atoms with Gasteiger partial charge in [0.25, 0.3) is 0 Å². The average molecular weight is 275 g/mol. The smallest absolute Gasteiger partial charge is 0.335 e. The third kappa shape index (κ3) is 3.33. The lowest BCUT2D eigenvalue weighted by atomic mass is 10.1. The van der Waals surface area contributed by atoms with Gasteiger partial charge in [0.15, 0.2) is 0 Å². The monoisotopic (exact) mass is 275 g/mol. The molecule has 0 radical (unpaired) electrons. The minimum atomic E-state index is -0.971. The Bertz CT molecular complexity index is 611. The zero-order valence-electron chi connectivity index (χ0n) is 10.7. The third-order valence-corrected chi connectivity index (χ3v) is 2.84. The Morgan fingerprint density at radius 3 is 2.50 bits per heavy atom. The zero-order valence-corrected chi connectivity index (χ0v) is 10.7. The van der Waals surface area contributed by atoms with Crippen molar-refractivity contribution in [2.24, 2.45) is 5.73 Å². The molecule has 0 unspecified atom stereocenters. The van der Waals surface area contributed by atoms with Gasteiger partial charge in [0, 0.05) is 12.1 Å². The number of carboxylic acid groups (broad SMARTS) is 1. The van der Waals surface area contributed by atoms with Crippen LogP contribution in [-0.2, 0) is 13.2 Å². The zero-order chi connectivity index (χ0) is 14.5. The molecule has 0 spiro atoms. The number of hydrogen-bond donors (Lipinski definition) is 2. The summed E-state index contributed by atoms with van der Waals surface area (Å²) < 4.78 is 18.6. The van der Waals surface area contributed by atoms with E-state index in [0.717, 1.165) is 5.56 Å². The van der Waals surface area contributed by atoms with Crippen molar-refractivity contribution in [3.8, 4) is 5.75 Å². The van der Waals surface area contributed by atoms with Crippen LogP contribution in [0, 0.1) is 5.82 Å². The molecule has 0 aliphatic heterocycles. The van der Waals surface area contributed by atoms with Crippen molar-refractivity contribution in [1.29, 1.82) is 0 Å². The normalized spacial score (nSPS) is 10.3. The van der Waals surface area contributed by atoms with Crippen molar-refractivity contribution in [3.05, 3.63) is 65.0 Å². The Kier molecular flexibility index (Phi) is 4.32. The third-order valence-electron chi connectivity index (χ3n) is 2.84. The van der Waals surface area contributed by atoms with Gasteiger partial charge in [-0.05, 0) is 35.9 Å². The van der Waals surface area contributed by atoms with E-state index in [1.54, 1.807) is 12.1 Å². The molecule has 0 heterocycles. The molecule has 0 saturated carbocycles. The first-order valence-electron chi connectivity index (χ1n) is 6.03. The summed E-state index contributed by atoms with van der Waals surface area (Å²) in [6.07, 6.45) is 0. The number of halogens is 1. The van der Waals surface area contributed by atoms with Gasteiger partial charge in [-0.1, -0.05) is 12.1 Å². The average Bonchev–Trinajstić information content (AvgIpc) is 2.46. The number of ether oxygens (including phenoxy) is 1. The first-order chi connectivity index (χ1) is 9.60. The highest BCUT2D eigenvalue weighted by Crippen LogP contribution is 2.20. The topological polar surface area (TPSA) is 72.5 Å². The molecule has 5 heteroatoms. The fraction of sp³-hybridized carbons (Fsp3) is 0.133. The van der Waals surface area contributed by atoms with Gasteiger partial charge in [-0.2, -0.15) is 0 Å². The van der Waals surface area contributed by atoms with Crippen molar-refractivity contribution >= 4 is 5.97 Å². The molecule has 0 aliphatic carbocycles. The molecule has 0 bridgehead atoms. The molecular formula is C15H14FNO3. The van der Waals surface area contributed by atoms with E-state index in [1.165, 1.54) is 30.3 Å². The number of hydrogen-bond acceptors (Lipinski definition) is 3. The van der Waals surface area contributed by atoms with E-state index < -0.39 is 5.97 Å². The second-order valence-corrected chi connectivity index (χ2v) is 4.25. The fourth-order valence-corrected chi connectivity index (χ4v) is 1.75. The minimum Gasteiger partial charge on any atom is -0.489 e. The van der Waals surface area contributed by atoms with E-state index >= 15 is 0 Å². The van der Waals surface area contributed by atoms with Crippen molar-refractivity contribution in [2.75, 3.05) is 0 Å². The molecule has 4 nitrogen and oxygen atoms in total. The van der Waals surface area contributed by atoms with Crippen molar-refractivity contribution in [2.45, 2.75) is 13.2 Å². The standard InChI is InChI=1S/C15H14FNO3/c16-13-5-6-14(12(7-13)8-17)20-9-10-1-3-11(4-2-10)15(18)19/h1-7H,8-9,17H2,(H,18,19). The van der Waals surface area contributed by atoms with Gasteiger partial charge in [-0.3, -0.25) is 0 Å². The maximum absolute atomic E-state index is 13.1. The number of rotatable bonds is 5. The number of carboxylic acids is 1. The van der Waals surface area contributed by atoms with E-state index in [9.17, 15) is 9.18 Å². The number of nitrogens with two attached hydrogens (primary N) is 1. The quantitative estimate of drug-likeness (QED) is 0.879. The predicted octanol–water partition coefficient (Wildman–Crippen LogP) is 2.56. The summed E-state index contributed by atoms with van der Waals surface area (Å²) in [6.45, 7) is 0.448. The predicted molar refractivity (Wildman–Crippen MR) is 72.0 cm³/mol. The lowest BCUT2D eigenvalue weighted by Crippen LogP contribution is -2.03. The molecule has 2 aromatic rings. The summed E-state index contributed by atoms with van der Waals surface area (Å²) in [5.74, 6) is -0.804. The molecule has 104 valence electrons. The van der Waals surface area contributed by atoms with Gasteiger partial charge in [0.1, 0.15) is 18.2 Å². The van der Waals surface area contributed by atoms with Gasteiger partial charge in [-0.15, -0.1) is 0 Å². The van der Waals surface area contributed by atoms with Gasteiger partial charge in [0.2, 0.25) is 0 Å². The van der Waals surface area contributed by atoms with Gasteiger partial charge >= 0.3 is 5.97 Å². The first-order valence-corrected chi connectivity index (χ1v) is 6.03. The first kappa shape index (κ1) is 14.0. The second-order valence-electron chi connectivity index (χ2n) is 4.25. The largest absolute Gasteiger partial charge is 0.489 e. The molecular weight excluding hydrogens is 261 g/mol. The van der Waals surface area contributed by atoms with Crippen molar-refractivity contribution in [3.63, 3.8) is 0 Å². The molecule has 0 amide bonds. The maximum Gasteiger partial charge on any atom is 0.335 e. The molecule has 0 aromatic heterocycles. The van der Waals surface area contributed by atoms with Crippen LogP contribution in [0.5, 0.6) is 5.75 Å². The molecule has 3 N–H and O–H groups in total. The fourth-order valence-electron chi connectivity index (χ4n) is 1.75. The van der Waals surface area contributed by atoms with E-state index in [0.29, 0.717) is 11.3 Å². The van der Waals surface area contributed by atoms with E-state index in [2.05, 4.69) is 0 Å². The van der Waals surface area contributed by atoms with Crippen LogP contribution in [0.1, 0.15) is 21.5 Å². The van der Waals surface area contributed by atoms with Crippen molar-refractivity contribution in [1.82, 2.24) is 0 Å². The Morgan fingerprint density at radius 2 is 1.90 bits per heavy atom. The Morgan fingerprint density at radius 1 is 1.20 bits per heavy atom. The van der Waals surface area contributed by atoms with Crippen LogP contribution in [0.15, 0.2) is 42.5 Å². The number of aromatic carboxylic acids is 1. The highest BCUT2D eigenvalue weighted by Gasteiger charge is 2.05. The molecule has 0 saturated heterocycles. The molecule has 2 rings (SSSR count). The number of benzene rings is 2. The summed E-state index contributed by atoms with van der Waals surface area (Å²) in [6, 6.07) is 10.5. The highest BCUT2D eigenvalue weighted by molar-refractivity contribution is 5.87. The van der Waals surface area contributed by atoms with Crippen LogP contribution in [0.3, 0.4) is 0 Å². The Labute approximate surface area is 115 Å². The second kappa shape index (κ2) is 6.16. The van der Waals surface area contributed by atoms with Gasteiger partial charge in [0.05, 0.1) is 5.56 Å². The maximum atomic E-state index is 13.1. The van der Waals surface area contributed by atoms with Crippen LogP contribution < -0.4 is 10.5 Å². The number of carbonyl (C=O) groups is 1. The van der Waals surface area contributed by atoms with Crippen molar-refractivity contribution < 1.29 is 19.0 Å². The van der Waals surface area contributed by atoms with E-state index in [1.807, 2.05) is 0 Å². The van der Waals surface area contributed by atoms with Gasteiger partial charge in [-0.25, -0.2) is 9.18 Å². The lowest BCUT2D eigenvalue weighted by Gasteiger charge is -2.10. The Hall–Kier alpha value is -2.40. The lowest BCUT2D eigenvalue weighted by molar-refractivity contribution is 0.0697. The molecule has 0 atom stereocenters. The molecule has 2 aromatic carbocycles. The summed E-state index contributed by atoms with van der Waals surface area (Å²) >= 11 is 0. The Balaban J connectivity index is 2.06. The molecule has 0 aliphatic rings. The van der Waals surface area contributed by atoms with Crippen LogP contribution in [0.25, 0.3) is 0 Å². The highest BCUT2D eigenvalue weighted by atomic mass is 19.1. The van der Waals surface area contributed by atoms with Crippen LogP contribution in [0.4, 0.5) is 4.39 Å². The summed E-state index contributed by atoms with van der Waals surface area (Å²) in [7, 11) is 0. The summed E-state index contributed by atoms with van der Waals surface area (Å²) in [5, 5.41) is 8.80. The molecule has 0 fully saturated rings. The SMILES string of the molecule is NCc1cc(F)ccc1OCc1ccc(C(=O)O)cc1. The van der Waals surface area contributed by atoms with Crippen LogP contribution >= 0.6 is 0 Å². The van der Waals surface area contributed by atoms with Crippen LogP contribution in [0.2, 0.25) is 0 Å². The summed E-state index contributed by atoms with van der Waals surface area (Å²) in [4.78, 5) is 10.7. The summed E-state index contributed by atoms with van der Waals surface area (Å²) in [5.41, 5.74) is 7.16.